The van der Waals surface area contributed by atoms with Crippen LogP contribution in [-0.4, -0.2) is 23.5 Å². The maximum Gasteiger partial charge on any atom is 0.00978 e. The summed E-state index contributed by atoms with van der Waals surface area (Å²) >= 11 is 0. The first kappa shape index (κ1) is 8.06. The monoisotopic (exact) mass is 141 g/mol. The third-order valence-corrected chi connectivity index (χ3v) is 2.57. The van der Waals surface area contributed by atoms with E-state index < -0.39 is 0 Å². The summed E-state index contributed by atoms with van der Waals surface area (Å²) in [5.41, 5.74) is 0. The summed E-state index contributed by atoms with van der Waals surface area (Å²) in [5.74, 6) is 0. The van der Waals surface area contributed by atoms with Crippen LogP contribution >= 0.6 is 0 Å². The molecule has 0 atom stereocenters. The normalized spacial score (nSPS) is 20.1. The molecule has 1 saturated carbocycles. The molecule has 0 aromatic carbocycles. The van der Waals surface area contributed by atoms with Crippen molar-refractivity contribution in [1.82, 2.24) is 4.90 Å². The van der Waals surface area contributed by atoms with Crippen LogP contribution in [0.1, 0.15) is 40.0 Å². The molecule has 0 heterocycles. The molecule has 1 heteroatoms. The van der Waals surface area contributed by atoms with Gasteiger partial charge in [-0.1, -0.05) is 13.3 Å². The Morgan fingerprint density at radius 3 is 2.10 bits per heavy atom. The van der Waals surface area contributed by atoms with E-state index in [2.05, 4.69) is 25.7 Å². The van der Waals surface area contributed by atoms with Crippen LogP contribution in [0.2, 0.25) is 0 Å². The Labute approximate surface area is 64.4 Å². The van der Waals surface area contributed by atoms with E-state index in [-0.39, 0.29) is 0 Å². The van der Waals surface area contributed by atoms with Crippen molar-refractivity contribution in [3.8, 4) is 0 Å². The predicted octanol–water partition coefficient (Wildman–Crippen LogP) is 2.27. The molecule has 1 rings (SSSR count). The van der Waals surface area contributed by atoms with Crippen molar-refractivity contribution in [2.24, 2.45) is 0 Å². The van der Waals surface area contributed by atoms with Gasteiger partial charge in [0.15, 0.2) is 0 Å². The minimum absolute atomic E-state index is 0.746. The maximum absolute atomic E-state index is 2.60. The van der Waals surface area contributed by atoms with E-state index in [0.717, 1.165) is 12.1 Å². The number of nitrogens with zero attached hydrogens (tertiary/aromatic N) is 1. The van der Waals surface area contributed by atoms with Gasteiger partial charge in [-0.3, -0.25) is 4.90 Å². The highest BCUT2D eigenvalue weighted by Crippen LogP contribution is 2.25. The summed E-state index contributed by atoms with van der Waals surface area (Å²) < 4.78 is 0. The van der Waals surface area contributed by atoms with Crippen molar-refractivity contribution < 1.29 is 0 Å². The fourth-order valence-electron chi connectivity index (χ4n) is 1.76. The highest BCUT2D eigenvalue weighted by atomic mass is 15.2. The second kappa shape index (κ2) is 3.38. The molecule has 60 valence electrons. The second-order valence-corrected chi connectivity index (χ2v) is 3.51. The Morgan fingerprint density at radius 2 is 2.00 bits per heavy atom. The first-order chi connectivity index (χ1) is 4.75. The quantitative estimate of drug-likeness (QED) is 0.583. The third kappa shape index (κ3) is 1.51. The average Bonchev–Trinajstić information content (AvgIpc) is 1.76. The lowest BCUT2D eigenvalue weighted by molar-refractivity contribution is 0.101. The van der Waals surface area contributed by atoms with E-state index in [1.807, 2.05) is 0 Å². The van der Waals surface area contributed by atoms with Gasteiger partial charge in [-0.05, 0) is 33.2 Å². The molecule has 1 aliphatic carbocycles. The van der Waals surface area contributed by atoms with Crippen LogP contribution < -0.4 is 0 Å². The van der Waals surface area contributed by atoms with Crippen LogP contribution in [-0.2, 0) is 0 Å². The zero-order valence-corrected chi connectivity index (χ0v) is 7.43. The van der Waals surface area contributed by atoms with Crippen LogP contribution in [0, 0.1) is 0 Å². The molecule has 1 fully saturated rings. The average molecular weight is 141 g/mol. The van der Waals surface area contributed by atoms with E-state index >= 15 is 0 Å². The van der Waals surface area contributed by atoms with Crippen LogP contribution in [0.15, 0.2) is 0 Å². The molecule has 1 nitrogen and oxygen atoms in total. The highest BCUT2D eigenvalue weighted by molar-refractivity contribution is 4.80. The molecule has 0 bridgehead atoms. The second-order valence-electron chi connectivity index (χ2n) is 3.51. The van der Waals surface area contributed by atoms with E-state index in [0.29, 0.717) is 0 Å². The van der Waals surface area contributed by atoms with Gasteiger partial charge in [0.05, 0.1) is 0 Å². The molecular formula is C9H19N. The fourth-order valence-corrected chi connectivity index (χ4v) is 1.76. The molecule has 0 aliphatic heterocycles. The van der Waals surface area contributed by atoms with Crippen molar-refractivity contribution in [3.05, 3.63) is 0 Å². The lowest BCUT2D eigenvalue weighted by Gasteiger charge is -2.39. The van der Waals surface area contributed by atoms with Crippen LogP contribution in [0.25, 0.3) is 0 Å². The van der Waals surface area contributed by atoms with Gasteiger partial charge < -0.3 is 0 Å². The van der Waals surface area contributed by atoms with Gasteiger partial charge in [-0.15, -0.1) is 0 Å². The van der Waals surface area contributed by atoms with Crippen molar-refractivity contribution >= 4 is 0 Å². The van der Waals surface area contributed by atoms with Crippen molar-refractivity contribution in [2.45, 2.75) is 52.1 Å². The Morgan fingerprint density at radius 1 is 1.40 bits per heavy atom. The standard InChI is InChI=1S/C9H19N/c1-4-10(8(2)3)9-6-5-7-9/h8-9H,4-7H2,1-3H3. The van der Waals surface area contributed by atoms with Gasteiger partial charge >= 0.3 is 0 Å². The molecule has 0 spiro atoms. The molecule has 0 saturated heterocycles. The molecule has 0 amide bonds. The van der Waals surface area contributed by atoms with Gasteiger partial charge in [-0.25, -0.2) is 0 Å². The smallest absolute Gasteiger partial charge is 0.00978 e. The summed E-state index contributed by atoms with van der Waals surface area (Å²) in [6.07, 6.45) is 4.33. The van der Waals surface area contributed by atoms with Crippen LogP contribution in [0.4, 0.5) is 0 Å². The van der Waals surface area contributed by atoms with Crippen LogP contribution in [0.5, 0.6) is 0 Å². The van der Waals surface area contributed by atoms with Gasteiger partial charge in [-0.2, -0.15) is 0 Å². The van der Waals surface area contributed by atoms with Gasteiger partial charge in [0, 0.05) is 12.1 Å². The Bertz CT molecular complexity index is 94.9. The number of rotatable bonds is 3. The van der Waals surface area contributed by atoms with Gasteiger partial charge in [0.25, 0.3) is 0 Å². The Hall–Kier alpha value is -0.0400. The summed E-state index contributed by atoms with van der Waals surface area (Å²) in [5, 5.41) is 0. The minimum atomic E-state index is 0.746. The van der Waals surface area contributed by atoms with Gasteiger partial charge in [0.2, 0.25) is 0 Å². The zero-order valence-electron chi connectivity index (χ0n) is 7.43. The van der Waals surface area contributed by atoms with E-state index in [9.17, 15) is 0 Å². The van der Waals surface area contributed by atoms with Crippen LogP contribution in [0.3, 0.4) is 0 Å². The van der Waals surface area contributed by atoms with Crippen molar-refractivity contribution in [2.75, 3.05) is 6.54 Å². The fraction of sp³-hybridized carbons (Fsp3) is 1.00. The summed E-state index contributed by atoms with van der Waals surface area (Å²) in [4.78, 5) is 2.60. The molecule has 0 radical (unpaired) electrons. The molecule has 0 aromatic rings. The highest BCUT2D eigenvalue weighted by Gasteiger charge is 2.24. The van der Waals surface area contributed by atoms with E-state index in [1.54, 1.807) is 0 Å². The first-order valence-electron chi connectivity index (χ1n) is 4.51. The predicted molar refractivity (Wildman–Crippen MR) is 45.2 cm³/mol. The molecule has 10 heavy (non-hydrogen) atoms. The summed E-state index contributed by atoms with van der Waals surface area (Å²) in [6, 6.07) is 1.67. The summed E-state index contributed by atoms with van der Waals surface area (Å²) in [7, 11) is 0. The molecular weight excluding hydrogens is 122 g/mol. The van der Waals surface area contributed by atoms with Gasteiger partial charge in [0.1, 0.15) is 0 Å². The topological polar surface area (TPSA) is 3.24 Å². The third-order valence-electron chi connectivity index (χ3n) is 2.57. The van der Waals surface area contributed by atoms with E-state index in [1.165, 1.54) is 25.8 Å². The lowest BCUT2D eigenvalue weighted by atomic mass is 9.90. The van der Waals surface area contributed by atoms with E-state index in [4.69, 9.17) is 0 Å². The van der Waals surface area contributed by atoms with Crippen molar-refractivity contribution in [3.63, 3.8) is 0 Å². The SMILES string of the molecule is CCN(C(C)C)C1CCC1. The number of hydrogen-bond acceptors (Lipinski definition) is 1. The summed E-state index contributed by atoms with van der Waals surface area (Å²) in [6.45, 7) is 8.07. The number of hydrogen-bond donors (Lipinski definition) is 0. The minimum Gasteiger partial charge on any atom is -0.298 e. The van der Waals surface area contributed by atoms with Crippen molar-refractivity contribution in [1.29, 1.82) is 0 Å². The molecule has 0 unspecified atom stereocenters. The Balaban J connectivity index is 2.31. The first-order valence-corrected chi connectivity index (χ1v) is 4.51. The molecule has 0 N–H and O–H groups in total. The lowest BCUT2D eigenvalue weighted by Crippen LogP contribution is -2.44. The Kier molecular flexibility index (Phi) is 2.72. The maximum atomic E-state index is 2.60. The molecule has 0 aromatic heterocycles. The molecule has 1 aliphatic rings. The largest absolute Gasteiger partial charge is 0.298 e. The zero-order chi connectivity index (χ0) is 7.56.